The molecule has 1 aliphatic rings. The second-order valence-electron chi connectivity index (χ2n) is 5.61. The van der Waals surface area contributed by atoms with E-state index in [2.05, 4.69) is 34.5 Å². The Kier molecular flexibility index (Phi) is 5.56. The molecular formula is C16H24N2O2. The van der Waals surface area contributed by atoms with Crippen molar-refractivity contribution in [1.82, 2.24) is 10.2 Å². The highest BCUT2D eigenvalue weighted by Crippen LogP contribution is 2.10. The number of carbonyl (C=O) groups excluding carboxylic acids is 1. The SMILES string of the molecule is CC(C)C(=O)NCC1CN(Cc2ccccc2)CCO1. The molecule has 0 bridgehead atoms. The average Bonchev–Trinajstić information content (AvgIpc) is 2.46. The van der Waals surface area contributed by atoms with E-state index in [1.807, 2.05) is 19.9 Å². The van der Waals surface area contributed by atoms with Gasteiger partial charge in [0.05, 0.1) is 12.7 Å². The summed E-state index contributed by atoms with van der Waals surface area (Å²) in [7, 11) is 0. The van der Waals surface area contributed by atoms with E-state index < -0.39 is 0 Å². The van der Waals surface area contributed by atoms with E-state index in [0.29, 0.717) is 6.54 Å². The Hall–Kier alpha value is -1.39. The van der Waals surface area contributed by atoms with Gasteiger partial charge in [0.1, 0.15) is 0 Å². The van der Waals surface area contributed by atoms with Crippen LogP contribution >= 0.6 is 0 Å². The lowest BCUT2D eigenvalue weighted by molar-refractivity contribution is -0.125. The summed E-state index contributed by atoms with van der Waals surface area (Å²) in [6.07, 6.45) is 0.0927. The summed E-state index contributed by atoms with van der Waals surface area (Å²) in [5, 5.41) is 2.95. The molecule has 1 aromatic carbocycles. The second kappa shape index (κ2) is 7.41. The van der Waals surface area contributed by atoms with Gasteiger partial charge in [-0.3, -0.25) is 9.69 Å². The van der Waals surface area contributed by atoms with Crippen LogP contribution in [0.15, 0.2) is 30.3 Å². The minimum Gasteiger partial charge on any atom is -0.374 e. The molecule has 1 heterocycles. The van der Waals surface area contributed by atoms with E-state index in [1.54, 1.807) is 0 Å². The molecule has 1 atom stereocenters. The normalized spacial score (nSPS) is 20.1. The quantitative estimate of drug-likeness (QED) is 0.889. The molecule has 110 valence electrons. The molecule has 0 aromatic heterocycles. The number of nitrogens with one attached hydrogen (secondary N) is 1. The number of carbonyl (C=O) groups is 1. The molecule has 0 radical (unpaired) electrons. The van der Waals surface area contributed by atoms with E-state index in [4.69, 9.17) is 4.74 Å². The van der Waals surface area contributed by atoms with Crippen LogP contribution in [0.4, 0.5) is 0 Å². The third-order valence-corrected chi connectivity index (χ3v) is 3.50. The Balaban J connectivity index is 1.78. The number of amides is 1. The molecule has 0 saturated carbocycles. The highest BCUT2D eigenvalue weighted by atomic mass is 16.5. The molecule has 1 N–H and O–H groups in total. The highest BCUT2D eigenvalue weighted by molar-refractivity contribution is 5.77. The first-order valence-corrected chi connectivity index (χ1v) is 7.30. The Bertz CT molecular complexity index is 420. The van der Waals surface area contributed by atoms with Gasteiger partial charge < -0.3 is 10.1 Å². The molecule has 4 heteroatoms. The number of rotatable bonds is 5. The molecule has 2 rings (SSSR count). The fourth-order valence-corrected chi connectivity index (χ4v) is 2.31. The number of hydrogen-bond donors (Lipinski definition) is 1. The summed E-state index contributed by atoms with van der Waals surface area (Å²) in [6, 6.07) is 10.5. The number of nitrogens with zero attached hydrogens (tertiary/aromatic N) is 1. The number of ether oxygens (including phenoxy) is 1. The van der Waals surface area contributed by atoms with Crippen molar-refractivity contribution >= 4 is 5.91 Å². The molecule has 1 aromatic rings. The van der Waals surface area contributed by atoms with Gasteiger partial charge in [0.25, 0.3) is 0 Å². The topological polar surface area (TPSA) is 41.6 Å². The summed E-state index contributed by atoms with van der Waals surface area (Å²) in [4.78, 5) is 14.0. The Morgan fingerprint density at radius 3 is 2.85 bits per heavy atom. The molecular weight excluding hydrogens is 252 g/mol. The summed E-state index contributed by atoms with van der Waals surface area (Å²) >= 11 is 0. The van der Waals surface area contributed by atoms with Crippen LogP contribution in [0.25, 0.3) is 0 Å². The Labute approximate surface area is 121 Å². The lowest BCUT2D eigenvalue weighted by Crippen LogP contribution is -2.47. The molecule has 1 unspecified atom stereocenters. The zero-order valence-corrected chi connectivity index (χ0v) is 12.3. The smallest absolute Gasteiger partial charge is 0.222 e. The van der Waals surface area contributed by atoms with Gasteiger partial charge in [0, 0.05) is 32.1 Å². The van der Waals surface area contributed by atoms with Crippen molar-refractivity contribution in [3.05, 3.63) is 35.9 Å². The predicted octanol–water partition coefficient (Wildman–Crippen LogP) is 1.66. The van der Waals surface area contributed by atoms with Gasteiger partial charge in [-0.2, -0.15) is 0 Å². The van der Waals surface area contributed by atoms with E-state index >= 15 is 0 Å². The largest absolute Gasteiger partial charge is 0.374 e. The van der Waals surface area contributed by atoms with Crippen molar-refractivity contribution in [2.75, 3.05) is 26.2 Å². The fourth-order valence-electron chi connectivity index (χ4n) is 2.31. The predicted molar refractivity (Wildman–Crippen MR) is 79.3 cm³/mol. The maximum atomic E-state index is 11.6. The van der Waals surface area contributed by atoms with Crippen LogP contribution < -0.4 is 5.32 Å². The third-order valence-electron chi connectivity index (χ3n) is 3.50. The third kappa shape index (κ3) is 4.62. The molecule has 1 fully saturated rings. The van der Waals surface area contributed by atoms with Crippen LogP contribution in [0.1, 0.15) is 19.4 Å². The van der Waals surface area contributed by atoms with E-state index in [9.17, 15) is 4.79 Å². The van der Waals surface area contributed by atoms with Crippen LogP contribution in [0, 0.1) is 5.92 Å². The first-order chi connectivity index (χ1) is 9.65. The minimum absolute atomic E-state index is 0.0269. The molecule has 0 spiro atoms. The average molecular weight is 276 g/mol. The lowest BCUT2D eigenvalue weighted by atomic mass is 10.1. The van der Waals surface area contributed by atoms with Crippen molar-refractivity contribution in [3.63, 3.8) is 0 Å². The van der Waals surface area contributed by atoms with Gasteiger partial charge in [-0.1, -0.05) is 44.2 Å². The van der Waals surface area contributed by atoms with Crippen LogP contribution in [-0.2, 0) is 16.1 Å². The zero-order chi connectivity index (χ0) is 14.4. The van der Waals surface area contributed by atoms with Crippen LogP contribution in [0.2, 0.25) is 0 Å². The van der Waals surface area contributed by atoms with Crippen LogP contribution in [-0.4, -0.2) is 43.2 Å². The lowest BCUT2D eigenvalue weighted by Gasteiger charge is -2.33. The van der Waals surface area contributed by atoms with Gasteiger partial charge in [0.15, 0.2) is 0 Å². The summed E-state index contributed by atoms with van der Waals surface area (Å²) in [5.74, 6) is 0.118. The molecule has 4 nitrogen and oxygen atoms in total. The standard InChI is InChI=1S/C16H24N2O2/c1-13(2)16(19)17-10-15-12-18(8-9-20-15)11-14-6-4-3-5-7-14/h3-7,13,15H,8-12H2,1-2H3,(H,17,19). The fraction of sp³-hybridized carbons (Fsp3) is 0.562. The van der Waals surface area contributed by atoms with Crippen molar-refractivity contribution in [2.24, 2.45) is 5.92 Å². The first-order valence-electron chi connectivity index (χ1n) is 7.30. The number of morpholine rings is 1. The second-order valence-corrected chi connectivity index (χ2v) is 5.61. The van der Waals surface area contributed by atoms with Gasteiger partial charge in [-0.15, -0.1) is 0 Å². The van der Waals surface area contributed by atoms with E-state index in [0.717, 1.165) is 26.2 Å². The van der Waals surface area contributed by atoms with Crippen LogP contribution in [0.5, 0.6) is 0 Å². The van der Waals surface area contributed by atoms with E-state index in [-0.39, 0.29) is 17.9 Å². The van der Waals surface area contributed by atoms with Gasteiger partial charge >= 0.3 is 0 Å². The summed E-state index contributed by atoms with van der Waals surface area (Å²) in [5.41, 5.74) is 1.32. The molecule has 1 saturated heterocycles. The van der Waals surface area contributed by atoms with Crippen molar-refractivity contribution in [3.8, 4) is 0 Å². The maximum Gasteiger partial charge on any atom is 0.222 e. The van der Waals surface area contributed by atoms with Gasteiger partial charge in [-0.25, -0.2) is 0 Å². The molecule has 1 aliphatic heterocycles. The number of benzene rings is 1. The van der Waals surface area contributed by atoms with Gasteiger partial charge in [0.2, 0.25) is 5.91 Å². The minimum atomic E-state index is 0.0269. The maximum absolute atomic E-state index is 11.6. The van der Waals surface area contributed by atoms with E-state index in [1.165, 1.54) is 5.56 Å². The Morgan fingerprint density at radius 2 is 2.15 bits per heavy atom. The van der Waals surface area contributed by atoms with Crippen molar-refractivity contribution < 1.29 is 9.53 Å². The first kappa shape index (κ1) is 15.0. The summed E-state index contributed by atoms with van der Waals surface area (Å²) < 4.78 is 5.72. The van der Waals surface area contributed by atoms with Crippen LogP contribution in [0.3, 0.4) is 0 Å². The number of hydrogen-bond acceptors (Lipinski definition) is 3. The monoisotopic (exact) mass is 276 g/mol. The molecule has 1 amide bonds. The zero-order valence-electron chi connectivity index (χ0n) is 12.3. The van der Waals surface area contributed by atoms with Crippen molar-refractivity contribution in [2.45, 2.75) is 26.5 Å². The van der Waals surface area contributed by atoms with Gasteiger partial charge in [-0.05, 0) is 5.56 Å². The molecule has 20 heavy (non-hydrogen) atoms. The summed E-state index contributed by atoms with van der Waals surface area (Å²) in [6.45, 7) is 7.89. The molecule has 0 aliphatic carbocycles. The van der Waals surface area contributed by atoms with Crippen molar-refractivity contribution in [1.29, 1.82) is 0 Å². The highest BCUT2D eigenvalue weighted by Gasteiger charge is 2.21. The Morgan fingerprint density at radius 1 is 1.40 bits per heavy atom.